The molecule has 0 radical (unpaired) electrons. The van der Waals surface area contributed by atoms with Gasteiger partial charge in [0.2, 0.25) is 0 Å². The molecule has 0 bridgehead atoms. The van der Waals surface area contributed by atoms with Crippen LogP contribution in [-0.4, -0.2) is 40.1 Å². The highest BCUT2D eigenvalue weighted by Crippen LogP contribution is 2.11. The summed E-state index contributed by atoms with van der Waals surface area (Å²) >= 11 is 0. The zero-order chi connectivity index (χ0) is 17.5. The Bertz CT molecular complexity index is 343. The van der Waals surface area contributed by atoms with Crippen LogP contribution in [0.1, 0.15) is 65.2 Å². The first-order chi connectivity index (χ1) is 11.0. The molecule has 0 amide bonds. The fraction of sp³-hybridized carbons (Fsp3) is 0.722. The highest BCUT2D eigenvalue weighted by molar-refractivity contribution is 5.72. The van der Waals surface area contributed by atoms with Crippen LogP contribution in [0.4, 0.5) is 0 Å². The van der Waals surface area contributed by atoms with Crippen molar-refractivity contribution in [3.8, 4) is 0 Å². The largest absolute Gasteiger partial charge is 0.480 e. The molecule has 0 aliphatic carbocycles. The van der Waals surface area contributed by atoms with Crippen molar-refractivity contribution in [3.63, 3.8) is 0 Å². The molecule has 5 nitrogen and oxygen atoms in total. The van der Waals surface area contributed by atoms with Crippen LogP contribution in [0.3, 0.4) is 0 Å². The molecule has 0 saturated carbocycles. The van der Waals surface area contributed by atoms with Crippen molar-refractivity contribution in [2.45, 2.75) is 71.3 Å². The lowest BCUT2D eigenvalue weighted by molar-refractivity contribution is -0.138. The van der Waals surface area contributed by atoms with Crippen molar-refractivity contribution in [2.24, 2.45) is 5.73 Å². The van der Waals surface area contributed by atoms with E-state index in [2.05, 4.69) is 35.7 Å². The van der Waals surface area contributed by atoms with Gasteiger partial charge in [-0.1, -0.05) is 58.4 Å². The summed E-state index contributed by atoms with van der Waals surface area (Å²) in [5.74, 6) is -0.963. The number of nitrogens with zero attached hydrogens (tertiary/aromatic N) is 2. The molecule has 0 fully saturated rings. The summed E-state index contributed by atoms with van der Waals surface area (Å²) in [6.07, 6.45) is 17.3. The van der Waals surface area contributed by atoms with Crippen molar-refractivity contribution in [1.82, 2.24) is 9.80 Å². The van der Waals surface area contributed by atoms with Gasteiger partial charge in [-0.15, -0.1) is 0 Å². The van der Waals surface area contributed by atoms with Crippen molar-refractivity contribution in [2.75, 3.05) is 13.2 Å². The van der Waals surface area contributed by atoms with Crippen molar-refractivity contribution in [1.29, 1.82) is 0 Å². The van der Waals surface area contributed by atoms with Crippen molar-refractivity contribution < 1.29 is 9.90 Å². The molecule has 3 N–H and O–H groups in total. The summed E-state index contributed by atoms with van der Waals surface area (Å²) < 4.78 is 0. The molecule has 0 spiro atoms. The number of unbranched alkanes of at least 4 members (excludes halogenated alkanes) is 7. The number of hydrogen-bond donors (Lipinski definition) is 2. The molecule has 1 unspecified atom stereocenters. The normalized spacial score (nSPS) is 14.4. The Labute approximate surface area is 141 Å². The molecule has 0 aromatic heterocycles. The van der Waals surface area contributed by atoms with Gasteiger partial charge >= 0.3 is 5.97 Å². The van der Waals surface area contributed by atoms with E-state index in [1.54, 1.807) is 0 Å². The molecule has 0 aromatic rings. The highest BCUT2D eigenvalue weighted by Gasteiger charge is 2.08. The Morgan fingerprint density at radius 1 is 1.22 bits per heavy atom. The Morgan fingerprint density at radius 2 is 1.74 bits per heavy atom. The molecule has 1 heterocycles. The second-order valence-corrected chi connectivity index (χ2v) is 6.05. The smallest absolute Gasteiger partial charge is 0.320 e. The Morgan fingerprint density at radius 3 is 2.17 bits per heavy atom. The van der Waals surface area contributed by atoms with Gasteiger partial charge in [-0.25, -0.2) is 0 Å². The number of carboxylic acids is 1. The molecule has 134 valence electrons. The van der Waals surface area contributed by atoms with Gasteiger partial charge in [-0.2, -0.15) is 0 Å². The second kappa shape index (κ2) is 14.1. The molecule has 1 aliphatic rings. The molecule has 5 heteroatoms. The van der Waals surface area contributed by atoms with Gasteiger partial charge in [0.25, 0.3) is 0 Å². The minimum absolute atomic E-state index is 0.731. The van der Waals surface area contributed by atoms with Crippen LogP contribution in [0.2, 0.25) is 0 Å². The van der Waals surface area contributed by atoms with Gasteiger partial charge in [0.1, 0.15) is 6.04 Å². The highest BCUT2D eigenvalue weighted by atomic mass is 16.4. The van der Waals surface area contributed by atoms with Crippen molar-refractivity contribution >= 4 is 5.97 Å². The zero-order valence-corrected chi connectivity index (χ0v) is 14.9. The standard InChI is InChI=1S/C15H28N2.C3H7NO2/c1-3-5-6-7-8-9-10-11-12-17-14-13-16(4-2)15-17;1-2(4)3(5)6/h4,13-14H,2-3,5-12,15H2,1H3;2H,4H2,1H3,(H,5,6). The quantitative estimate of drug-likeness (QED) is 0.566. The van der Waals surface area contributed by atoms with Crippen LogP contribution in [0.25, 0.3) is 0 Å². The molecule has 1 rings (SSSR count). The average molecular weight is 325 g/mol. The number of aliphatic carboxylic acids is 1. The number of nitrogens with two attached hydrogens (primary N) is 1. The third-order valence-electron chi connectivity index (χ3n) is 3.74. The molecule has 1 atom stereocenters. The van der Waals surface area contributed by atoms with Gasteiger partial charge < -0.3 is 20.6 Å². The van der Waals surface area contributed by atoms with E-state index in [1.807, 2.05) is 6.20 Å². The third-order valence-corrected chi connectivity index (χ3v) is 3.74. The number of rotatable bonds is 11. The Balaban J connectivity index is 0.000000688. The first-order valence-corrected chi connectivity index (χ1v) is 8.80. The maximum atomic E-state index is 9.57. The van der Waals surface area contributed by atoms with Crippen LogP contribution >= 0.6 is 0 Å². The van der Waals surface area contributed by atoms with Crippen LogP contribution in [0, 0.1) is 0 Å². The fourth-order valence-electron chi connectivity index (χ4n) is 2.20. The first kappa shape index (κ1) is 21.5. The maximum absolute atomic E-state index is 9.57. The summed E-state index contributed by atoms with van der Waals surface area (Å²) in [7, 11) is 0. The Hall–Kier alpha value is -1.49. The molecule has 1 aliphatic heterocycles. The van der Waals surface area contributed by atoms with Gasteiger partial charge in [0, 0.05) is 18.9 Å². The van der Waals surface area contributed by atoms with Gasteiger partial charge in [-0.05, 0) is 19.5 Å². The van der Waals surface area contributed by atoms with E-state index < -0.39 is 12.0 Å². The fourth-order valence-corrected chi connectivity index (χ4v) is 2.20. The summed E-state index contributed by atoms with van der Waals surface area (Å²) in [6.45, 7) is 9.64. The zero-order valence-electron chi connectivity index (χ0n) is 14.9. The lowest BCUT2D eigenvalue weighted by atomic mass is 10.1. The lowest BCUT2D eigenvalue weighted by Gasteiger charge is -2.18. The van der Waals surface area contributed by atoms with E-state index in [0.717, 1.165) is 6.67 Å². The first-order valence-electron chi connectivity index (χ1n) is 8.80. The summed E-state index contributed by atoms with van der Waals surface area (Å²) in [4.78, 5) is 14.0. The minimum Gasteiger partial charge on any atom is -0.480 e. The summed E-state index contributed by atoms with van der Waals surface area (Å²) in [5, 5.41) is 7.87. The number of hydrogen-bond acceptors (Lipinski definition) is 4. The molecular formula is C18H35N3O2. The summed E-state index contributed by atoms with van der Waals surface area (Å²) in [5.41, 5.74) is 4.84. The van der Waals surface area contributed by atoms with Crippen LogP contribution < -0.4 is 5.73 Å². The van der Waals surface area contributed by atoms with Gasteiger partial charge in [0.05, 0.1) is 6.67 Å². The molecule has 0 saturated heterocycles. The Kier molecular flexibility index (Phi) is 13.2. The average Bonchev–Trinajstić information content (AvgIpc) is 2.98. The third kappa shape index (κ3) is 12.7. The van der Waals surface area contributed by atoms with Crippen LogP contribution in [0.15, 0.2) is 25.2 Å². The van der Waals surface area contributed by atoms with Crippen LogP contribution in [-0.2, 0) is 4.79 Å². The van der Waals surface area contributed by atoms with Gasteiger partial charge in [0.15, 0.2) is 0 Å². The van der Waals surface area contributed by atoms with E-state index >= 15 is 0 Å². The SMILES string of the molecule is C=CN1C=CN(CCCCCCCCCC)C1.CC(N)C(=O)O. The number of carboxylic acid groups (broad SMARTS) is 1. The molecule has 23 heavy (non-hydrogen) atoms. The maximum Gasteiger partial charge on any atom is 0.320 e. The minimum atomic E-state index is -0.963. The summed E-state index contributed by atoms with van der Waals surface area (Å²) in [6, 6.07) is -0.731. The van der Waals surface area contributed by atoms with E-state index in [4.69, 9.17) is 10.8 Å². The van der Waals surface area contributed by atoms with Gasteiger partial charge in [-0.3, -0.25) is 4.79 Å². The monoisotopic (exact) mass is 325 g/mol. The lowest BCUT2D eigenvalue weighted by Crippen LogP contribution is -2.25. The molecular weight excluding hydrogens is 290 g/mol. The van der Waals surface area contributed by atoms with E-state index in [9.17, 15) is 4.79 Å². The van der Waals surface area contributed by atoms with Crippen molar-refractivity contribution in [3.05, 3.63) is 25.2 Å². The second-order valence-electron chi connectivity index (χ2n) is 6.05. The van der Waals surface area contributed by atoms with Crippen LogP contribution in [0.5, 0.6) is 0 Å². The predicted octanol–water partition coefficient (Wildman–Crippen LogP) is 3.74. The van der Waals surface area contributed by atoms with E-state index in [1.165, 1.54) is 64.8 Å². The predicted molar refractivity (Wildman–Crippen MR) is 96.6 cm³/mol. The number of carbonyl (C=O) groups is 1. The van der Waals surface area contributed by atoms with E-state index in [0.29, 0.717) is 0 Å². The topological polar surface area (TPSA) is 69.8 Å². The molecule has 0 aromatic carbocycles. The van der Waals surface area contributed by atoms with E-state index in [-0.39, 0.29) is 0 Å².